The lowest BCUT2D eigenvalue weighted by molar-refractivity contribution is -0.129. The molecule has 35 heavy (non-hydrogen) atoms. The van der Waals surface area contributed by atoms with Crippen LogP contribution in [-0.2, 0) is 4.79 Å². The Balaban J connectivity index is 1.73. The van der Waals surface area contributed by atoms with Crippen LogP contribution in [0.2, 0.25) is 0 Å². The Labute approximate surface area is 203 Å². The van der Waals surface area contributed by atoms with Gasteiger partial charge in [0.15, 0.2) is 22.9 Å². The number of rotatable bonds is 10. The van der Waals surface area contributed by atoms with Crippen LogP contribution in [0.1, 0.15) is 42.4 Å². The highest BCUT2D eigenvalue weighted by atomic mass is 19.1. The summed E-state index contributed by atoms with van der Waals surface area (Å²) in [5.41, 5.74) is 0.326. The van der Waals surface area contributed by atoms with Gasteiger partial charge in [-0.2, -0.15) is 0 Å². The molecule has 2 heterocycles. The van der Waals surface area contributed by atoms with Gasteiger partial charge in [0.25, 0.3) is 5.91 Å². The first-order valence-corrected chi connectivity index (χ1v) is 11.7. The number of ketones is 1. The number of halogens is 1. The molecule has 1 N–H and O–H groups in total. The molecule has 0 unspecified atom stereocenters. The average Bonchev–Trinajstić information content (AvgIpc) is 3.41. The van der Waals surface area contributed by atoms with Gasteiger partial charge in [0.1, 0.15) is 5.82 Å². The summed E-state index contributed by atoms with van der Waals surface area (Å²) in [6.45, 7) is 6.82. The van der Waals surface area contributed by atoms with Crippen LogP contribution < -0.4 is 4.74 Å². The van der Waals surface area contributed by atoms with Gasteiger partial charge < -0.3 is 24.1 Å². The van der Waals surface area contributed by atoms with E-state index in [2.05, 4.69) is 18.7 Å². The number of amides is 1. The summed E-state index contributed by atoms with van der Waals surface area (Å²) in [5, 5.41) is 11.5. The lowest BCUT2D eigenvalue weighted by Gasteiger charge is -2.28. The molecular weight excluding hydrogens is 451 g/mol. The van der Waals surface area contributed by atoms with E-state index in [1.807, 2.05) is 0 Å². The topological polar surface area (TPSA) is 83.2 Å². The second-order valence-electron chi connectivity index (χ2n) is 8.38. The van der Waals surface area contributed by atoms with Gasteiger partial charge in [0, 0.05) is 17.5 Å². The lowest BCUT2D eigenvalue weighted by Crippen LogP contribution is -2.35. The van der Waals surface area contributed by atoms with Crippen molar-refractivity contribution in [2.75, 3.05) is 33.3 Å². The minimum absolute atomic E-state index is 0.0646. The Morgan fingerprint density at radius 3 is 2.60 bits per heavy atom. The van der Waals surface area contributed by atoms with Gasteiger partial charge in [-0.3, -0.25) is 9.59 Å². The van der Waals surface area contributed by atoms with E-state index in [4.69, 9.17) is 9.15 Å². The summed E-state index contributed by atoms with van der Waals surface area (Å²) in [6.07, 6.45) is 0.606. The van der Waals surface area contributed by atoms with Crippen LogP contribution in [0, 0.1) is 5.82 Å². The van der Waals surface area contributed by atoms with Gasteiger partial charge in [-0.1, -0.05) is 44.2 Å². The number of benzene rings is 2. The molecular formula is C27H29FN2O5. The highest BCUT2D eigenvalue weighted by Crippen LogP contribution is 2.41. The predicted octanol–water partition coefficient (Wildman–Crippen LogP) is 4.89. The van der Waals surface area contributed by atoms with Gasteiger partial charge in [-0.15, -0.1) is 0 Å². The lowest BCUT2D eigenvalue weighted by atomic mass is 9.94. The number of fused-ring (bicyclic) bond motifs is 1. The molecule has 3 aromatic rings. The minimum Gasteiger partial charge on any atom is -0.503 e. The summed E-state index contributed by atoms with van der Waals surface area (Å²) in [7, 11) is 1.49. The van der Waals surface area contributed by atoms with Crippen LogP contribution >= 0.6 is 0 Å². The summed E-state index contributed by atoms with van der Waals surface area (Å²) in [4.78, 5) is 30.3. The summed E-state index contributed by atoms with van der Waals surface area (Å²) in [6, 6.07) is 11.7. The molecule has 7 nitrogen and oxygen atoms in total. The first kappa shape index (κ1) is 24.5. The molecule has 0 radical (unpaired) electrons. The zero-order chi connectivity index (χ0) is 25.1. The molecule has 1 aliphatic heterocycles. The van der Waals surface area contributed by atoms with E-state index in [0.29, 0.717) is 23.1 Å². The van der Waals surface area contributed by atoms with Crippen molar-refractivity contribution >= 4 is 22.7 Å². The van der Waals surface area contributed by atoms with Gasteiger partial charge >= 0.3 is 0 Å². The van der Waals surface area contributed by atoms with Gasteiger partial charge in [-0.05, 0) is 44.3 Å². The van der Waals surface area contributed by atoms with Crippen LogP contribution in [0.25, 0.3) is 11.0 Å². The van der Waals surface area contributed by atoms with Crippen molar-refractivity contribution in [3.05, 3.63) is 77.0 Å². The third-order valence-corrected chi connectivity index (χ3v) is 6.47. The van der Waals surface area contributed by atoms with E-state index in [1.54, 1.807) is 24.3 Å². The van der Waals surface area contributed by atoms with Gasteiger partial charge in [0.05, 0.1) is 18.7 Å². The second kappa shape index (κ2) is 10.3. The molecule has 1 amide bonds. The fourth-order valence-electron chi connectivity index (χ4n) is 4.58. The number of aliphatic hydroxyl groups excluding tert-OH is 1. The van der Waals surface area contributed by atoms with Crippen molar-refractivity contribution in [1.82, 2.24) is 9.80 Å². The van der Waals surface area contributed by atoms with E-state index < -0.39 is 29.3 Å². The van der Waals surface area contributed by atoms with Crippen molar-refractivity contribution in [3.63, 3.8) is 0 Å². The van der Waals surface area contributed by atoms with Crippen LogP contribution in [0.15, 0.2) is 64.3 Å². The number of para-hydroxylation sites is 1. The highest BCUT2D eigenvalue weighted by Gasteiger charge is 2.45. The molecule has 1 aromatic heterocycles. The molecule has 1 atom stereocenters. The maximum absolute atomic E-state index is 14.9. The number of hydrogen-bond acceptors (Lipinski definition) is 6. The second-order valence-corrected chi connectivity index (χ2v) is 8.38. The molecule has 184 valence electrons. The minimum atomic E-state index is -1.07. The van der Waals surface area contributed by atoms with Crippen molar-refractivity contribution in [2.24, 2.45) is 0 Å². The zero-order valence-electron chi connectivity index (χ0n) is 20.1. The third-order valence-electron chi connectivity index (χ3n) is 6.47. The first-order valence-electron chi connectivity index (χ1n) is 11.7. The number of hydrogen-bond donors (Lipinski definition) is 1. The number of carbonyl (C=O) groups excluding carboxylic acids is 2. The summed E-state index contributed by atoms with van der Waals surface area (Å²) >= 11 is 0. The Kier molecular flexibility index (Phi) is 7.21. The van der Waals surface area contributed by atoms with Crippen molar-refractivity contribution in [3.8, 4) is 5.75 Å². The van der Waals surface area contributed by atoms with Crippen molar-refractivity contribution < 1.29 is 28.2 Å². The van der Waals surface area contributed by atoms with E-state index >= 15 is 0 Å². The maximum Gasteiger partial charge on any atom is 0.290 e. The monoisotopic (exact) mass is 480 g/mol. The van der Waals surface area contributed by atoms with Crippen LogP contribution in [-0.4, -0.2) is 59.9 Å². The number of ether oxygens (including phenoxy) is 1. The van der Waals surface area contributed by atoms with Crippen molar-refractivity contribution in [2.45, 2.75) is 26.3 Å². The molecule has 0 spiro atoms. The quantitative estimate of drug-likeness (QED) is 0.416. The van der Waals surface area contributed by atoms with E-state index in [9.17, 15) is 19.1 Å². The number of methoxy groups -OCH3 is 1. The van der Waals surface area contributed by atoms with Gasteiger partial charge in [-0.25, -0.2) is 4.39 Å². The predicted molar refractivity (Wildman–Crippen MR) is 130 cm³/mol. The van der Waals surface area contributed by atoms with E-state index in [1.165, 1.54) is 36.3 Å². The molecule has 4 rings (SSSR count). The normalized spacial score (nSPS) is 16.1. The smallest absolute Gasteiger partial charge is 0.290 e. The molecule has 0 saturated heterocycles. The van der Waals surface area contributed by atoms with E-state index in [0.717, 1.165) is 19.6 Å². The maximum atomic E-state index is 14.9. The summed E-state index contributed by atoms with van der Waals surface area (Å²) < 4.78 is 26.0. The molecule has 0 aliphatic carbocycles. The van der Waals surface area contributed by atoms with Crippen molar-refractivity contribution in [1.29, 1.82) is 0 Å². The Morgan fingerprint density at radius 2 is 1.91 bits per heavy atom. The summed E-state index contributed by atoms with van der Waals surface area (Å²) in [5.74, 6) is -2.23. The highest BCUT2D eigenvalue weighted by molar-refractivity contribution is 6.16. The standard InChI is InChI=1S/C27H29FN2O5/c1-4-29(5-2)14-9-15-30-23(18-11-6-7-12-19(18)28)22(25(32)27(30)33)24(31)21-16-17-10-8-13-20(34-3)26(17)35-21/h6-8,10-13,16,23,32H,4-5,9,14-15H2,1-3H3/t23-/m0/s1. The van der Waals surface area contributed by atoms with E-state index in [-0.39, 0.29) is 23.4 Å². The molecule has 8 heteroatoms. The Morgan fingerprint density at radius 1 is 1.17 bits per heavy atom. The molecule has 2 aromatic carbocycles. The number of Topliss-reactive ketones (excluding diaryl/α,β-unsaturated/α-hetero) is 1. The zero-order valence-corrected chi connectivity index (χ0v) is 20.1. The first-order chi connectivity index (χ1) is 16.9. The Hall–Kier alpha value is -3.65. The van der Waals surface area contributed by atoms with Crippen LogP contribution in [0.5, 0.6) is 5.75 Å². The number of nitrogens with zero attached hydrogens (tertiary/aromatic N) is 2. The largest absolute Gasteiger partial charge is 0.503 e. The fourth-order valence-corrected chi connectivity index (χ4v) is 4.58. The molecule has 0 bridgehead atoms. The third kappa shape index (κ3) is 4.53. The number of carbonyl (C=O) groups is 2. The van der Waals surface area contributed by atoms with Gasteiger partial charge in [0.2, 0.25) is 5.78 Å². The average molecular weight is 481 g/mol. The number of aliphatic hydroxyl groups is 1. The SMILES string of the molecule is CCN(CC)CCCN1C(=O)C(O)=C(C(=O)c2cc3cccc(OC)c3o2)[C@@H]1c1ccccc1F. The molecule has 0 saturated carbocycles. The molecule has 1 aliphatic rings. The Bertz CT molecular complexity index is 1280. The number of furan rings is 1. The molecule has 0 fully saturated rings. The van der Waals surface area contributed by atoms with Crippen LogP contribution in [0.3, 0.4) is 0 Å². The fraction of sp³-hybridized carbons (Fsp3) is 0.333. The van der Waals surface area contributed by atoms with Crippen LogP contribution in [0.4, 0.5) is 4.39 Å².